The first-order chi connectivity index (χ1) is 13.0. The molecule has 1 N–H and O–H groups in total. The van der Waals surface area contributed by atoms with Crippen LogP contribution in [0.2, 0.25) is 0 Å². The minimum Gasteiger partial charge on any atom is -0.484 e. The molecule has 0 radical (unpaired) electrons. The summed E-state index contributed by atoms with van der Waals surface area (Å²) in [7, 11) is 0. The number of rotatable bonds is 9. The summed E-state index contributed by atoms with van der Waals surface area (Å²) >= 11 is 0. The Morgan fingerprint density at radius 1 is 1.07 bits per heavy atom. The quantitative estimate of drug-likeness (QED) is 0.739. The molecule has 0 aliphatic carbocycles. The first kappa shape index (κ1) is 20.5. The molecular formula is C22H28N2O3. The largest absolute Gasteiger partial charge is 0.484 e. The zero-order valence-electron chi connectivity index (χ0n) is 16.3. The molecule has 0 saturated heterocycles. The summed E-state index contributed by atoms with van der Waals surface area (Å²) in [5.41, 5.74) is 2.13. The average molecular weight is 368 g/mol. The van der Waals surface area contributed by atoms with Gasteiger partial charge >= 0.3 is 0 Å². The van der Waals surface area contributed by atoms with Gasteiger partial charge in [-0.2, -0.15) is 0 Å². The maximum atomic E-state index is 12.8. The minimum atomic E-state index is -0.579. The fourth-order valence-corrected chi connectivity index (χ4v) is 2.61. The van der Waals surface area contributed by atoms with E-state index in [9.17, 15) is 9.59 Å². The molecule has 2 amide bonds. The molecule has 0 aromatic heterocycles. The number of nitrogens with zero attached hydrogens (tertiary/aromatic N) is 1. The zero-order chi connectivity index (χ0) is 19.6. The van der Waals surface area contributed by atoms with Crippen molar-refractivity contribution in [1.29, 1.82) is 0 Å². The van der Waals surface area contributed by atoms with Crippen LogP contribution in [0.15, 0.2) is 54.6 Å². The fraction of sp³-hybridized carbons (Fsp3) is 0.364. The first-order valence-corrected chi connectivity index (χ1v) is 9.31. The summed E-state index contributed by atoms with van der Waals surface area (Å²) in [6.07, 6.45) is 0.849. The summed E-state index contributed by atoms with van der Waals surface area (Å²) in [5, 5.41) is 2.86. The maximum Gasteiger partial charge on any atom is 0.261 e. The van der Waals surface area contributed by atoms with E-state index in [0.717, 1.165) is 17.5 Å². The third-order valence-electron chi connectivity index (χ3n) is 4.30. The van der Waals surface area contributed by atoms with Crippen molar-refractivity contribution in [1.82, 2.24) is 10.2 Å². The third-order valence-corrected chi connectivity index (χ3v) is 4.30. The summed E-state index contributed by atoms with van der Waals surface area (Å²) in [5.74, 6) is 0.250. The number of carbonyl (C=O) groups is 2. The first-order valence-electron chi connectivity index (χ1n) is 9.31. The van der Waals surface area contributed by atoms with Crippen molar-refractivity contribution in [2.45, 2.75) is 39.8 Å². The number of hydrogen-bond acceptors (Lipinski definition) is 3. The van der Waals surface area contributed by atoms with Crippen LogP contribution in [0.25, 0.3) is 0 Å². The van der Waals surface area contributed by atoms with Gasteiger partial charge in [-0.05, 0) is 38.0 Å². The van der Waals surface area contributed by atoms with E-state index >= 15 is 0 Å². The van der Waals surface area contributed by atoms with Crippen LogP contribution < -0.4 is 10.1 Å². The van der Waals surface area contributed by atoms with E-state index in [1.54, 1.807) is 24.0 Å². The van der Waals surface area contributed by atoms with Crippen molar-refractivity contribution in [2.75, 3.05) is 13.2 Å². The zero-order valence-corrected chi connectivity index (χ0v) is 16.3. The number of benzene rings is 2. The van der Waals surface area contributed by atoms with Gasteiger partial charge in [0, 0.05) is 13.1 Å². The van der Waals surface area contributed by atoms with E-state index in [1.807, 2.05) is 56.3 Å². The topological polar surface area (TPSA) is 58.6 Å². The number of para-hydroxylation sites is 1. The molecule has 27 heavy (non-hydrogen) atoms. The molecule has 0 aliphatic rings. The molecular weight excluding hydrogens is 340 g/mol. The Balaban J connectivity index is 2.10. The normalized spacial score (nSPS) is 11.5. The van der Waals surface area contributed by atoms with E-state index in [4.69, 9.17) is 4.74 Å². The predicted molar refractivity (Wildman–Crippen MR) is 106 cm³/mol. The standard InChI is InChI=1S/C22H28N2O3/c1-4-14-23-22(26)18(3)24(15-19-12-10-17(2)11-13-19)21(25)16-27-20-8-6-5-7-9-20/h5-13,18H,4,14-16H2,1-3H3,(H,23,26). The van der Waals surface area contributed by atoms with E-state index in [2.05, 4.69) is 5.32 Å². The maximum absolute atomic E-state index is 12.8. The minimum absolute atomic E-state index is 0.110. The lowest BCUT2D eigenvalue weighted by Crippen LogP contribution is -2.49. The molecule has 5 nitrogen and oxygen atoms in total. The molecule has 1 unspecified atom stereocenters. The lowest BCUT2D eigenvalue weighted by atomic mass is 10.1. The molecule has 0 aliphatic heterocycles. The highest BCUT2D eigenvalue weighted by Gasteiger charge is 2.26. The van der Waals surface area contributed by atoms with Crippen LogP contribution in [0.1, 0.15) is 31.4 Å². The Kier molecular flexibility index (Phi) is 7.86. The van der Waals surface area contributed by atoms with Crippen molar-refractivity contribution in [2.24, 2.45) is 0 Å². The molecule has 144 valence electrons. The second kappa shape index (κ2) is 10.4. The summed E-state index contributed by atoms with van der Waals surface area (Å²) in [4.78, 5) is 26.8. The van der Waals surface area contributed by atoms with Gasteiger partial charge in [-0.3, -0.25) is 9.59 Å². The summed E-state index contributed by atoms with van der Waals surface area (Å²) in [6.45, 7) is 6.60. The number of amides is 2. The number of nitrogens with one attached hydrogen (secondary N) is 1. The molecule has 2 aromatic rings. The Hall–Kier alpha value is -2.82. The van der Waals surface area contributed by atoms with Gasteiger partial charge < -0.3 is 15.0 Å². The summed E-state index contributed by atoms with van der Waals surface area (Å²) < 4.78 is 5.59. The van der Waals surface area contributed by atoms with Crippen LogP contribution in [-0.4, -0.2) is 35.9 Å². The van der Waals surface area contributed by atoms with Crippen molar-refractivity contribution >= 4 is 11.8 Å². The Bertz CT molecular complexity index is 729. The highest BCUT2D eigenvalue weighted by Crippen LogP contribution is 2.13. The Labute approximate surface area is 161 Å². The van der Waals surface area contributed by atoms with Crippen molar-refractivity contribution in [3.63, 3.8) is 0 Å². The third kappa shape index (κ3) is 6.44. The van der Waals surface area contributed by atoms with Gasteiger partial charge in [0.2, 0.25) is 5.91 Å². The van der Waals surface area contributed by atoms with Crippen LogP contribution in [0.5, 0.6) is 5.75 Å². The molecule has 0 spiro atoms. The predicted octanol–water partition coefficient (Wildman–Crippen LogP) is 3.32. The van der Waals surface area contributed by atoms with Crippen molar-refractivity contribution in [3.05, 3.63) is 65.7 Å². The average Bonchev–Trinajstić information content (AvgIpc) is 2.70. The van der Waals surface area contributed by atoms with Gasteiger partial charge in [-0.15, -0.1) is 0 Å². The lowest BCUT2D eigenvalue weighted by Gasteiger charge is -2.28. The van der Waals surface area contributed by atoms with Crippen LogP contribution in [0.4, 0.5) is 0 Å². The van der Waals surface area contributed by atoms with Crippen molar-refractivity contribution in [3.8, 4) is 5.75 Å². The monoisotopic (exact) mass is 368 g/mol. The number of hydrogen-bond donors (Lipinski definition) is 1. The molecule has 0 saturated carbocycles. The smallest absolute Gasteiger partial charge is 0.261 e. The van der Waals surface area contributed by atoms with Gasteiger partial charge in [-0.25, -0.2) is 0 Å². The van der Waals surface area contributed by atoms with Crippen LogP contribution in [0.3, 0.4) is 0 Å². The molecule has 0 bridgehead atoms. The SMILES string of the molecule is CCCNC(=O)C(C)N(Cc1ccc(C)cc1)C(=O)COc1ccccc1. The van der Waals surface area contributed by atoms with Crippen LogP contribution in [-0.2, 0) is 16.1 Å². The van der Waals surface area contributed by atoms with E-state index in [0.29, 0.717) is 18.8 Å². The van der Waals surface area contributed by atoms with E-state index in [-0.39, 0.29) is 18.4 Å². The van der Waals surface area contributed by atoms with Gasteiger partial charge in [0.25, 0.3) is 5.91 Å². The molecule has 0 heterocycles. The second-order valence-corrected chi connectivity index (χ2v) is 6.58. The molecule has 2 aromatic carbocycles. The number of ether oxygens (including phenoxy) is 1. The highest BCUT2D eigenvalue weighted by atomic mass is 16.5. The van der Waals surface area contributed by atoms with Gasteiger partial charge in [0.15, 0.2) is 6.61 Å². The van der Waals surface area contributed by atoms with Crippen LogP contribution >= 0.6 is 0 Å². The lowest BCUT2D eigenvalue weighted by molar-refractivity contribution is -0.142. The van der Waals surface area contributed by atoms with E-state index < -0.39 is 6.04 Å². The molecule has 0 fully saturated rings. The van der Waals surface area contributed by atoms with E-state index in [1.165, 1.54) is 0 Å². The molecule has 1 atom stereocenters. The molecule has 5 heteroatoms. The van der Waals surface area contributed by atoms with Gasteiger partial charge in [0.05, 0.1) is 0 Å². The Morgan fingerprint density at radius 2 is 1.74 bits per heavy atom. The number of carbonyl (C=O) groups excluding carboxylic acids is 2. The van der Waals surface area contributed by atoms with Gasteiger partial charge in [-0.1, -0.05) is 55.0 Å². The number of aryl methyl sites for hydroxylation is 1. The van der Waals surface area contributed by atoms with Gasteiger partial charge in [0.1, 0.15) is 11.8 Å². The van der Waals surface area contributed by atoms with Crippen LogP contribution in [0, 0.1) is 6.92 Å². The Morgan fingerprint density at radius 3 is 2.37 bits per heavy atom. The fourth-order valence-electron chi connectivity index (χ4n) is 2.61. The summed E-state index contributed by atoms with van der Waals surface area (Å²) in [6, 6.07) is 16.6. The van der Waals surface area contributed by atoms with Crippen molar-refractivity contribution < 1.29 is 14.3 Å². The molecule has 2 rings (SSSR count). The second-order valence-electron chi connectivity index (χ2n) is 6.58. The highest BCUT2D eigenvalue weighted by molar-refractivity contribution is 5.87.